The van der Waals surface area contributed by atoms with Crippen LogP contribution in [-0.4, -0.2) is 93.3 Å². The Bertz CT molecular complexity index is 2880. The molecule has 3 aromatic carbocycles. The van der Waals surface area contributed by atoms with Crippen LogP contribution in [0.2, 0.25) is 0 Å². The lowest BCUT2D eigenvalue weighted by atomic mass is 9.70. The second-order valence-corrected chi connectivity index (χ2v) is 22.5. The van der Waals surface area contributed by atoms with Crippen molar-refractivity contribution in [3.8, 4) is 16.5 Å². The number of thiazole rings is 1. The standard InChI is InChI=1S/C57H70N8O6S/c1-8-37-27-42-43(57(6,7)52-49(50(42)69)41-21-18-36(30-58)26-44(41)62-52)29-45(37)64-24-22-39(23-25-64)61-47(67)14-12-10-9-11-13-15-48(68)63-53(56(3,4)5)55(71)65-32-40(66)28-46(65)54(70)59-31-35-16-19-38(20-17-35)51-34(2)60-33-72-51/h16-21,26-27,29,33,39-40,46,53,62,66H,8-15,22-25,28,31-32H2,1-7H3,(H,59,70)(H,61,67)(H,63,68)/t40-,46+,53-/m1/s1. The summed E-state index contributed by atoms with van der Waals surface area (Å²) in [6, 6.07) is 18.2. The number of aliphatic hydroxyl groups excluding tert-OH is 1. The number of likely N-dealkylation sites (tertiary alicyclic amines) is 1. The predicted octanol–water partition coefficient (Wildman–Crippen LogP) is 8.53. The smallest absolute Gasteiger partial charge is 0.246 e. The van der Waals surface area contributed by atoms with Gasteiger partial charge in [-0.1, -0.05) is 91.1 Å². The number of fused-ring (bicyclic) bond motifs is 4. The number of rotatable bonds is 17. The summed E-state index contributed by atoms with van der Waals surface area (Å²) >= 11 is 1.58. The van der Waals surface area contributed by atoms with E-state index in [9.17, 15) is 34.3 Å². The van der Waals surface area contributed by atoms with Gasteiger partial charge >= 0.3 is 0 Å². The van der Waals surface area contributed by atoms with E-state index in [1.807, 2.05) is 69.6 Å². The number of β-amino-alcohol motifs (C(OH)–C–C–N with tert-alkyl or cyclic N) is 1. The lowest BCUT2D eigenvalue weighted by Crippen LogP contribution is -2.57. The lowest BCUT2D eigenvalue weighted by Gasteiger charge is -2.38. The van der Waals surface area contributed by atoms with Gasteiger partial charge in [-0.05, 0) is 91.0 Å². The molecule has 2 saturated heterocycles. The number of benzene rings is 3. The molecule has 0 spiro atoms. The average molecular weight is 995 g/mol. The third kappa shape index (κ3) is 11.1. The van der Waals surface area contributed by atoms with Gasteiger partial charge in [0.1, 0.15) is 12.1 Å². The van der Waals surface area contributed by atoms with Crippen molar-refractivity contribution >= 4 is 57.3 Å². The van der Waals surface area contributed by atoms with E-state index in [0.29, 0.717) is 24.0 Å². The Morgan fingerprint density at radius 1 is 0.972 bits per heavy atom. The molecular weight excluding hydrogens is 925 g/mol. The monoisotopic (exact) mass is 995 g/mol. The molecule has 5 N–H and O–H groups in total. The molecule has 3 aliphatic rings. The number of piperidine rings is 1. The van der Waals surface area contributed by atoms with Crippen molar-refractivity contribution in [2.24, 2.45) is 5.41 Å². The van der Waals surface area contributed by atoms with Crippen LogP contribution in [0, 0.1) is 23.7 Å². The van der Waals surface area contributed by atoms with E-state index in [4.69, 9.17) is 0 Å². The third-order valence-electron chi connectivity index (χ3n) is 15.0. The fraction of sp³-hybridized carbons (Fsp3) is 0.491. The van der Waals surface area contributed by atoms with Crippen LogP contribution in [0.1, 0.15) is 155 Å². The zero-order chi connectivity index (χ0) is 51.5. The number of aryl methyl sites for hydroxylation is 2. The largest absolute Gasteiger partial charge is 0.391 e. The number of nitriles is 1. The van der Waals surface area contributed by atoms with Gasteiger partial charge in [-0.15, -0.1) is 11.3 Å². The van der Waals surface area contributed by atoms with Gasteiger partial charge < -0.3 is 35.8 Å². The van der Waals surface area contributed by atoms with Crippen molar-refractivity contribution in [1.82, 2.24) is 30.8 Å². The number of aromatic amines is 1. The number of aliphatic hydroxyl groups is 1. The first kappa shape index (κ1) is 52.0. The minimum Gasteiger partial charge on any atom is -0.391 e. The van der Waals surface area contributed by atoms with Gasteiger partial charge in [0.15, 0.2) is 5.78 Å². The van der Waals surface area contributed by atoms with Crippen molar-refractivity contribution in [2.75, 3.05) is 24.5 Å². The van der Waals surface area contributed by atoms with Crippen molar-refractivity contribution < 1.29 is 29.1 Å². The Labute approximate surface area is 427 Å². The van der Waals surface area contributed by atoms with Crippen LogP contribution in [0.25, 0.3) is 21.3 Å². The van der Waals surface area contributed by atoms with Gasteiger partial charge in [0.25, 0.3) is 0 Å². The van der Waals surface area contributed by atoms with E-state index in [1.165, 1.54) is 4.90 Å². The molecule has 380 valence electrons. The first-order valence-electron chi connectivity index (χ1n) is 25.8. The average Bonchev–Trinajstić information content (AvgIpc) is 4.10. The van der Waals surface area contributed by atoms with Crippen LogP contribution in [0.3, 0.4) is 0 Å². The minimum atomic E-state index is -0.881. The highest BCUT2D eigenvalue weighted by atomic mass is 32.1. The third-order valence-corrected chi connectivity index (χ3v) is 16.0. The molecule has 72 heavy (non-hydrogen) atoms. The zero-order valence-corrected chi connectivity index (χ0v) is 43.7. The summed E-state index contributed by atoms with van der Waals surface area (Å²) in [5, 5.41) is 30.1. The first-order chi connectivity index (χ1) is 34.4. The molecule has 0 radical (unpaired) electrons. The number of nitrogens with zero attached hydrogens (tertiary/aromatic N) is 4. The van der Waals surface area contributed by atoms with Gasteiger partial charge in [-0.25, -0.2) is 4.98 Å². The van der Waals surface area contributed by atoms with Crippen LogP contribution in [0.4, 0.5) is 5.69 Å². The number of unbranched alkanes of at least 4 members (excludes halogenated alkanes) is 4. The Hall–Kier alpha value is -6.37. The van der Waals surface area contributed by atoms with E-state index >= 15 is 0 Å². The second kappa shape index (κ2) is 21.8. The Kier molecular flexibility index (Phi) is 15.7. The zero-order valence-electron chi connectivity index (χ0n) is 42.9. The molecule has 1 aliphatic carbocycles. The van der Waals surface area contributed by atoms with Crippen molar-refractivity contribution in [3.63, 3.8) is 0 Å². The number of carbonyl (C=O) groups is 5. The maximum absolute atomic E-state index is 14.1. The highest BCUT2D eigenvalue weighted by molar-refractivity contribution is 7.13. The molecule has 4 heterocycles. The molecule has 14 nitrogen and oxygen atoms in total. The Balaban J connectivity index is 0.746. The quantitative estimate of drug-likeness (QED) is 0.0567. The fourth-order valence-corrected chi connectivity index (χ4v) is 11.6. The van der Waals surface area contributed by atoms with Gasteiger partial charge in [0, 0.05) is 84.7 Å². The summed E-state index contributed by atoms with van der Waals surface area (Å²) in [7, 11) is 0. The number of aromatic nitrogens is 2. The van der Waals surface area contributed by atoms with E-state index in [1.54, 1.807) is 17.4 Å². The van der Waals surface area contributed by atoms with E-state index in [2.05, 4.69) is 69.8 Å². The van der Waals surface area contributed by atoms with Gasteiger partial charge in [0.2, 0.25) is 23.6 Å². The van der Waals surface area contributed by atoms with Crippen LogP contribution < -0.4 is 20.9 Å². The molecule has 8 rings (SSSR count). The van der Waals surface area contributed by atoms with E-state index in [-0.39, 0.29) is 61.4 Å². The number of hydrogen-bond acceptors (Lipinski definition) is 10. The highest BCUT2D eigenvalue weighted by Crippen LogP contribution is 2.46. The first-order valence-corrected chi connectivity index (χ1v) is 26.6. The molecule has 2 fully saturated rings. The van der Waals surface area contributed by atoms with E-state index in [0.717, 1.165) is 119 Å². The number of carbonyl (C=O) groups excluding carboxylic acids is 5. The van der Waals surface area contributed by atoms with Crippen LogP contribution in [0.15, 0.2) is 60.1 Å². The van der Waals surface area contributed by atoms with Crippen LogP contribution in [0.5, 0.6) is 0 Å². The Morgan fingerprint density at radius 3 is 2.32 bits per heavy atom. The summed E-state index contributed by atoms with van der Waals surface area (Å²) in [6.07, 6.45) is 6.38. The lowest BCUT2D eigenvalue weighted by molar-refractivity contribution is -0.144. The molecular formula is C57H70N8O6S. The molecule has 0 unspecified atom stereocenters. The fourth-order valence-electron chi connectivity index (χ4n) is 10.8. The SMILES string of the molecule is CCc1cc2c(cc1N1CCC(NC(=O)CCCCCCCC(=O)N[C@H](C(=O)N3C[C@H](O)C[C@H]3C(=O)NCc3ccc(-c4scnc4C)cc3)C(C)(C)C)CC1)C(C)(C)c1[nH]c3cc(C#N)ccc3c1C2=O. The van der Waals surface area contributed by atoms with Gasteiger partial charge in [0.05, 0.1) is 39.4 Å². The number of hydrogen-bond donors (Lipinski definition) is 5. The summed E-state index contributed by atoms with van der Waals surface area (Å²) in [5.41, 5.74) is 10.6. The molecule has 2 aliphatic heterocycles. The Morgan fingerprint density at radius 2 is 1.67 bits per heavy atom. The summed E-state index contributed by atoms with van der Waals surface area (Å²) in [5.74, 6) is -0.890. The number of anilines is 1. The molecule has 5 aromatic rings. The number of H-pyrrole nitrogens is 1. The summed E-state index contributed by atoms with van der Waals surface area (Å²) in [6.45, 7) is 15.9. The van der Waals surface area contributed by atoms with Gasteiger partial charge in [-0.2, -0.15) is 5.26 Å². The molecule has 3 atom stereocenters. The topological polar surface area (TPSA) is 201 Å². The summed E-state index contributed by atoms with van der Waals surface area (Å²) in [4.78, 5) is 80.8. The number of amides is 4. The molecule has 0 saturated carbocycles. The molecule has 4 amide bonds. The number of ketones is 1. The second-order valence-electron chi connectivity index (χ2n) is 21.6. The van der Waals surface area contributed by atoms with Gasteiger partial charge in [-0.3, -0.25) is 24.0 Å². The maximum atomic E-state index is 14.1. The minimum absolute atomic E-state index is 0.0115. The maximum Gasteiger partial charge on any atom is 0.246 e. The normalized spacial score (nSPS) is 18.1. The number of nitrogens with one attached hydrogen (secondary N) is 4. The van der Waals surface area contributed by atoms with Crippen molar-refractivity contribution in [3.05, 3.63) is 105 Å². The van der Waals surface area contributed by atoms with E-state index < -0.39 is 29.0 Å². The molecule has 2 aromatic heterocycles. The van der Waals surface area contributed by atoms with Crippen molar-refractivity contribution in [2.45, 2.75) is 155 Å². The van der Waals surface area contributed by atoms with Crippen LogP contribution >= 0.6 is 11.3 Å². The highest BCUT2D eigenvalue weighted by Gasteiger charge is 2.45. The predicted molar refractivity (Wildman–Crippen MR) is 282 cm³/mol. The summed E-state index contributed by atoms with van der Waals surface area (Å²) < 4.78 is 0. The molecule has 0 bridgehead atoms. The van der Waals surface area contributed by atoms with Crippen LogP contribution in [-0.2, 0) is 37.6 Å². The molecule has 15 heteroatoms. The van der Waals surface area contributed by atoms with Crippen molar-refractivity contribution in [1.29, 1.82) is 5.26 Å².